The average molecular weight is 505 g/mol. The van der Waals surface area contributed by atoms with Gasteiger partial charge >= 0.3 is 5.69 Å². The van der Waals surface area contributed by atoms with E-state index in [1.54, 1.807) is 24.3 Å². The molecule has 4 aromatic rings. The molecule has 4 rings (SSSR count). The molecule has 10 nitrogen and oxygen atoms in total. The van der Waals surface area contributed by atoms with Gasteiger partial charge in [-0.3, -0.25) is 14.8 Å². The topological polar surface area (TPSA) is 133 Å². The molecule has 0 aliphatic carbocycles. The summed E-state index contributed by atoms with van der Waals surface area (Å²) >= 11 is 0. The summed E-state index contributed by atoms with van der Waals surface area (Å²) in [6, 6.07) is 15.1. The van der Waals surface area contributed by atoms with Crippen LogP contribution in [0.1, 0.15) is 0 Å². The summed E-state index contributed by atoms with van der Waals surface area (Å²) in [5.74, 6) is 0.440. The van der Waals surface area contributed by atoms with Gasteiger partial charge in [-0.2, -0.15) is 0 Å². The Labute approximate surface area is 201 Å². The van der Waals surface area contributed by atoms with Crippen molar-refractivity contribution in [1.82, 2.24) is 4.98 Å². The fraction of sp³-hybridized carbons (Fsp3) is 0.136. The van der Waals surface area contributed by atoms with Crippen LogP contribution in [0, 0.1) is 10.1 Å². The van der Waals surface area contributed by atoms with Gasteiger partial charge in [-0.25, -0.2) is 13.4 Å². The molecule has 34 heavy (non-hydrogen) atoms. The molecule has 178 valence electrons. The van der Waals surface area contributed by atoms with Gasteiger partial charge in [0.05, 0.1) is 53.5 Å². The number of para-hydroxylation sites is 1. The zero-order valence-electron chi connectivity index (χ0n) is 18.4. The number of halogens is 1. The van der Waals surface area contributed by atoms with E-state index in [0.29, 0.717) is 39.2 Å². The normalized spacial score (nSPS) is 11.0. The molecule has 0 amide bonds. The molecule has 0 aliphatic heterocycles. The smallest absolute Gasteiger partial charge is 0.322 e. The number of methoxy groups -OCH3 is 2. The van der Waals surface area contributed by atoms with Gasteiger partial charge in [0.1, 0.15) is 11.1 Å². The Hall–Kier alpha value is -3.83. The highest BCUT2D eigenvalue weighted by Gasteiger charge is 2.25. The molecule has 0 aliphatic rings. The Kier molecular flexibility index (Phi) is 6.99. The Morgan fingerprint density at radius 2 is 1.68 bits per heavy atom. The summed E-state index contributed by atoms with van der Waals surface area (Å²) in [6.07, 6.45) is 1.05. The highest BCUT2D eigenvalue weighted by atomic mass is 35.5. The molecule has 3 aromatic carbocycles. The predicted octanol–water partition coefficient (Wildman–Crippen LogP) is 4.85. The molecule has 0 saturated heterocycles. The van der Waals surface area contributed by atoms with Gasteiger partial charge in [0, 0.05) is 11.5 Å². The molecule has 2 N–H and O–H groups in total. The lowest BCUT2D eigenvalue weighted by Crippen LogP contribution is -2.09. The van der Waals surface area contributed by atoms with Gasteiger partial charge in [0.15, 0.2) is 5.75 Å². The Bertz CT molecular complexity index is 1510. The first-order chi connectivity index (χ1) is 15.7. The molecule has 0 radical (unpaired) electrons. The number of nitro benzene ring substituents is 1. The highest BCUT2D eigenvalue weighted by molar-refractivity contribution is 7.92. The maximum absolute atomic E-state index is 12.0. The number of nitrogens with zero attached hydrogens (tertiary/aromatic N) is 2. The Morgan fingerprint density at radius 3 is 2.32 bits per heavy atom. The zero-order chi connectivity index (χ0) is 23.8. The van der Waals surface area contributed by atoms with Crippen LogP contribution in [0.3, 0.4) is 0 Å². The Morgan fingerprint density at radius 1 is 0.971 bits per heavy atom. The second-order valence-electron chi connectivity index (χ2n) is 7.19. The lowest BCUT2D eigenvalue weighted by atomic mass is 10.0. The predicted molar refractivity (Wildman–Crippen MR) is 134 cm³/mol. The number of fused-ring (bicyclic) bond motifs is 2. The van der Waals surface area contributed by atoms with Crippen LogP contribution in [0.5, 0.6) is 11.5 Å². The third-order valence-corrected chi connectivity index (χ3v) is 5.56. The van der Waals surface area contributed by atoms with Crippen LogP contribution in [-0.4, -0.2) is 38.8 Å². The largest absolute Gasteiger partial charge is 0.494 e. The van der Waals surface area contributed by atoms with E-state index in [2.05, 4.69) is 15.0 Å². The van der Waals surface area contributed by atoms with Crippen molar-refractivity contribution in [3.63, 3.8) is 0 Å². The van der Waals surface area contributed by atoms with E-state index in [1.807, 2.05) is 18.2 Å². The van der Waals surface area contributed by atoms with Crippen LogP contribution in [0.4, 0.5) is 22.7 Å². The summed E-state index contributed by atoms with van der Waals surface area (Å²) in [6.45, 7) is 0. The molecule has 0 saturated carbocycles. The standard InChI is InChI=1S/C22H20N4O6S.ClH/c1-31-18-11-10-17-20(22(18)26(27)28)21(14-6-4-5-7-15(14)23-17)24-16-9-8-13(12-19(16)32-2)25-33(3,29)30;/h4-12,25H,1-3H3,(H,23,24);1H. The van der Waals surface area contributed by atoms with Gasteiger partial charge in [-0.1, -0.05) is 18.2 Å². The number of anilines is 3. The van der Waals surface area contributed by atoms with E-state index < -0.39 is 14.9 Å². The number of aromatic nitrogens is 1. The van der Waals surface area contributed by atoms with Crippen LogP contribution < -0.4 is 19.5 Å². The van der Waals surface area contributed by atoms with Crippen LogP contribution in [0.15, 0.2) is 54.6 Å². The molecule has 0 atom stereocenters. The monoisotopic (exact) mass is 504 g/mol. The second-order valence-corrected chi connectivity index (χ2v) is 8.93. The van der Waals surface area contributed by atoms with Crippen molar-refractivity contribution >= 4 is 67.0 Å². The van der Waals surface area contributed by atoms with Crippen molar-refractivity contribution in [3.05, 3.63) is 64.7 Å². The average Bonchev–Trinajstić information content (AvgIpc) is 2.77. The van der Waals surface area contributed by atoms with Gasteiger partial charge in [-0.05, 0) is 30.3 Å². The van der Waals surface area contributed by atoms with Crippen LogP contribution in [-0.2, 0) is 10.0 Å². The number of hydrogen-bond donors (Lipinski definition) is 2. The van der Waals surface area contributed by atoms with Crippen molar-refractivity contribution in [3.8, 4) is 11.5 Å². The van der Waals surface area contributed by atoms with Crippen molar-refractivity contribution in [2.24, 2.45) is 0 Å². The van der Waals surface area contributed by atoms with Crippen molar-refractivity contribution in [2.45, 2.75) is 0 Å². The second kappa shape index (κ2) is 9.57. The first-order valence-electron chi connectivity index (χ1n) is 9.68. The molecular weight excluding hydrogens is 484 g/mol. The molecule has 1 aromatic heterocycles. The number of ether oxygens (including phenoxy) is 2. The molecule has 0 fully saturated rings. The number of sulfonamides is 1. The van der Waals surface area contributed by atoms with E-state index in [4.69, 9.17) is 9.47 Å². The van der Waals surface area contributed by atoms with E-state index in [0.717, 1.165) is 6.26 Å². The highest BCUT2D eigenvalue weighted by Crippen LogP contribution is 2.44. The van der Waals surface area contributed by atoms with Crippen LogP contribution in [0.2, 0.25) is 0 Å². The summed E-state index contributed by atoms with van der Waals surface area (Å²) in [4.78, 5) is 16.1. The maximum atomic E-state index is 12.0. The van der Waals surface area contributed by atoms with E-state index in [9.17, 15) is 18.5 Å². The molecular formula is C22H21ClN4O6S. The van der Waals surface area contributed by atoms with E-state index >= 15 is 0 Å². The van der Waals surface area contributed by atoms with Crippen molar-refractivity contribution in [2.75, 3.05) is 30.5 Å². The minimum Gasteiger partial charge on any atom is -0.494 e. The van der Waals surface area contributed by atoms with Crippen LogP contribution in [0.25, 0.3) is 21.8 Å². The number of nitro groups is 1. The summed E-state index contributed by atoms with van der Waals surface area (Å²) in [5, 5.41) is 16.2. The number of benzene rings is 3. The zero-order valence-corrected chi connectivity index (χ0v) is 20.0. The lowest BCUT2D eigenvalue weighted by Gasteiger charge is -2.17. The minimum absolute atomic E-state index is 0. The Balaban J connectivity index is 0.00000324. The molecule has 0 unspecified atom stereocenters. The molecule has 1 heterocycles. The fourth-order valence-electron chi connectivity index (χ4n) is 3.63. The fourth-order valence-corrected chi connectivity index (χ4v) is 4.19. The first kappa shape index (κ1) is 24.8. The number of pyridine rings is 1. The number of nitrogens with one attached hydrogen (secondary N) is 2. The third-order valence-electron chi connectivity index (χ3n) is 4.95. The van der Waals surface area contributed by atoms with Crippen LogP contribution >= 0.6 is 12.4 Å². The van der Waals surface area contributed by atoms with Gasteiger partial charge in [0.25, 0.3) is 0 Å². The summed E-state index contributed by atoms with van der Waals surface area (Å²) in [5.41, 5.74) is 2.08. The molecule has 12 heteroatoms. The summed E-state index contributed by atoms with van der Waals surface area (Å²) in [7, 11) is -0.667. The maximum Gasteiger partial charge on any atom is 0.322 e. The van der Waals surface area contributed by atoms with E-state index in [-0.39, 0.29) is 29.2 Å². The third kappa shape index (κ3) is 4.75. The lowest BCUT2D eigenvalue weighted by molar-refractivity contribution is -0.383. The van der Waals surface area contributed by atoms with Crippen molar-refractivity contribution in [1.29, 1.82) is 0 Å². The summed E-state index contributed by atoms with van der Waals surface area (Å²) < 4.78 is 36.3. The molecule has 0 bridgehead atoms. The van der Waals surface area contributed by atoms with E-state index in [1.165, 1.54) is 26.4 Å². The number of hydrogen-bond acceptors (Lipinski definition) is 8. The molecule has 0 spiro atoms. The number of rotatable bonds is 7. The SMILES string of the molecule is COc1cc(NS(C)(=O)=O)ccc1Nc1c2ccccc2nc2ccc(OC)c([N+](=O)[O-])c12.Cl. The van der Waals surface area contributed by atoms with Gasteiger partial charge in [0.2, 0.25) is 10.0 Å². The first-order valence-corrected chi connectivity index (χ1v) is 11.6. The van der Waals surface area contributed by atoms with Gasteiger partial charge in [-0.15, -0.1) is 12.4 Å². The quantitative estimate of drug-likeness (QED) is 0.207. The van der Waals surface area contributed by atoms with Crippen molar-refractivity contribution < 1.29 is 22.8 Å². The minimum atomic E-state index is -3.48. The van der Waals surface area contributed by atoms with Gasteiger partial charge < -0.3 is 14.8 Å².